The maximum atomic E-state index is 12.2. The third-order valence-electron chi connectivity index (χ3n) is 7.02. The Labute approximate surface area is 245 Å². The monoisotopic (exact) mass is 614 g/mol. The Balaban J connectivity index is 1.33. The molecule has 3 rings (SSSR count). The number of aryl methyl sites for hydroxylation is 1. The van der Waals surface area contributed by atoms with Crippen molar-refractivity contribution in [3.8, 4) is 0 Å². The Kier molecular flexibility index (Phi) is 12.9. The van der Waals surface area contributed by atoms with Gasteiger partial charge < -0.3 is 44.3 Å². The van der Waals surface area contributed by atoms with Crippen LogP contribution in [-0.4, -0.2) is 106 Å². The topological polar surface area (TPSA) is 257 Å². The molecule has 8 atom stereocenters. The lowest BCUT2D eigenvalue weighted by Gasteiger charge is -2.42. The summed E-state index contributed by atoms with van der Waals surface area (Å²) in [6.45, 7) is 2.27. The quantitative estimate of drug-likeness (QED) is 0.0583. The van der Waals surface area contributed by atoms with Gasteiger partial charge in [-0.2, -0.15) is 0 Å². The summed E-state index contributed by atoms with van der Waals surface area (Å²) in [7, 11) is 0. The van der Waals surface area contributed by atoms with Crippen LogP contribution in [0.2, 0.25) is 0 Å². The van der Waals surface area contributed by atoms with Crippen LogP contribution in [0.1, 0.15) is 50.8 Å². The second-order valence-electron chi connectivity index (χ2n) is 10.2. The molecule has 0 spiro atoms. The van der Waals surface area contributed by atoms with Crippen molar-refractivity contribution in [3.63, 3.8) is 0 Å². The number of ether oxygens (including phenoxy) is 5. The van der Waals surface area contributed by atoms with Crippen LogP contribution >= 0.6 is 0 Å². The summed E-state index contributed by atoms with van der Waals surface area (Å²) in [5.74, 6) is -0.442. The number of H-pyrrole nitrogens is 1. The van der Waals surface area contributed by atoms with E-state index in [0.717, 1.165) is 0 Å². The molecule has 2 aliphatic heterocycles. The van der Waals surface area contributed by atoms with Crippen LogP contribution < -0.4 is 16.6 Å². The molecule has 18 nitrogen and oxygen atoms in total. The van der Waals surface area contributed by atoms with E-state index in [1.54, 1.807) is 0 Å². The van der Waals surface area contributed by atoms with Crippen molar-refractivity contribution in [2.24, 2.45) is 5.11 Å². The second-order valence-corrected chi connectivity index (χ2v) is 10.2. The molecule has 5 N–H and O–H groups in total. The van der Waals surface area contributed by atoms with Gasteiger partial charge in [0.15, 0.2) is 6.29 Å². The van der Waals surface area contributed by atoms with Gasteiger partial charge in [-0.1, -0.05) is 11.5 Å². The lowest BCUT2D eigenvalue weighted by molar-refractivity contribution is -0.270. The summed E-state index contributed by atoms with van der Waals surface area (Å²) in [6, 6.07) is -1.73. The van der Waals surface area contributed by atoms with Gasteiger partial charge >= 0.3 is 11.8 Å². The molecule has 0 aliphatic carbocycles. The first kappa shape index (κ1) is 34.0. The number of rotatable bonds is 14. The number of unbranched alkanes of at least 4 members (excludes halogenated alkanes) is 3. The summed E-state index contributed by atoms with van der Waals surface area (Å²) < 4.78 is 28.3. The highest BCUT2D eigenvalue weighted by Gasteiger charge is 2.45. The number of nitrogens with one attached hydrogen (secondary N) is 2. The van der Waals surface area contributed by atoms with Crippen LogP contribution in [0.3, 0.4) is 0 Å². The first-order valence-corrected chi connectivity index (χ1v) is 13.9. The number of hydrogen-bond acceptors (Lipinski definition) is 13. The average molecular weight is 615 g/mol. The maximum Gasteiger partial charge on any atom is 0.508 e. The van der Waals surface area contributed by atoms with E-state index in [0.29, 0.717) is 31.2 Å². The first-order chi connectivity index (χ1) is 20.5. The third-order valence-corrected chi connectivity index (χ3v) is 7.02. The SMILES string of the molecule is CC(=O)N[C@H]1[C@H](OCCCCCCOC(=O)OC[C@H]2O[C@@H](n3cc(C)c(=O)[nH]c3=O)C[C@@H]2N=[N+]=[N-])O[C@H](CO)[C@@H](O)[C@@H]1O. The Morgan fingerprint density at radius 3 is 2.53 bits per heavy atom. The summed E-state index contributed by atoms with van der Waals surface area (Å²) >= 11 is 0. The smallest absolute Gasteiger partial charge is 0.434 e. The molecule has 2 saturated heterocycles. The van der Waals surface area contributed by atoms with Crippen molar-refractivity contribution in [2.75, 3.05) is 26.4 Å². The summed E-state index contributed by atoms with van der Waals surface area (Å²) in [6.07, 6.45) is -3.53. The lowest BCUT2D eigenvalue weighted by atomic mass is 9.97. The minimum absolute atomic E-state index is 0.0816. The molecule has 1 aromatic heterocycles. The molecule has 1 aromatic rings. The van der Waals surface area contributed by atoms with Crippen LogP contribution in [0, 0.1) is 6.92 Å². The molecule has 0 unspecified atom stereocenters. The molecule has 0 saturated carbocycles. The van der Waals surface area contributed by atoms with Gasteiger partial charge in [-0.25, -0.2) is 9.59 Å². The summed E-state index contributed by atoms with van der Waals surface area (Å²) in [5, 5.41) is 35.9. The number of aliphatic hydroxyl groups is 3. The zero-order chi connectivity index (χ0) is 31.5. The third kappa shape index (κ3) is 9.49. The number of carbonyl (C=O) groups excluding carboxylic acids is 2. The van der Waals surface area contributed by atoms with Gasteiger partial charge in [-0.3, -0.25) is 19.1 Å². The van der Waals surface area contributed by atoms with E-state index in [2.05, 4.69) is 20.3 Å². The molecular weight excluding hydrogens is 576 g/mol. The van der Waals surface area contributed by atoms with Crippen molar-refractivity contribution in [1.29, 1.82) is 0 Å². The van der Waals surface area contributed by atoms with E-state index in [4.69, 9.17) is 29.2 Å². The number of aromatic nitrogens is 2. The zero-order valence-corrected chi connectivity index (χ0v) is 23.9. The van der Waals surface area contributed by atoms with Gasteiger partial charge in [0.2, 0.25) is 5.91 Å². The zero-order valence-electron chi connectivity index (χ0n) is 23.9. The van der Waals surface area contributed by atoms with Crippen molar-refractivity contribution in [1.82, 2.24) is 14.9 Å². The van der Waals surface area contributed by atoms with E-state index in [-0.39, 0.29) is 26.2 Å². The first-order valence-electron chi connectivity index (χ1n) is 13.9. The number of nitrogens with zero attached hydrogens (tertiary/aromatic N) is 4. The number of aromatic amines is 1. The van der Waals surface area contributed by atoms with Gasteiger partial charge in [0.05, 0.1) is 19.3 Å². The number of hydrogen-bond donors (Lipinski definition) is 5. The molecular formula is C25H38N6O12. The van der Waals surface area contributed by atoms with Gasteiger partial charge in [0.25, 0.3) is 5.56 Å². The minimum Gasteiger partial charge on any atom is -0.434 e. The summed E-state index contributed by atoms with van der Waals surface area (Å²) in [4.78, 5) is 52.3. The van der Waals surface area contributed by atoms with E-state index in [9.17, 15) is 34.5 Å². The van der Waals surface area contributed by atoms with Crippen molar-refractivity contribution >= 4 is 12.1 Å². The van der Waals surface area contributed by atoms with E-state index < -0.39 is 78.9 Å². The van der Waals surface area contributed by atoms with E-state index in [1.807, 2.05) is 0 Å². The van der Waals surface area contributed by atoms with Crippen LogP contribution in [0.15, 0.2) is 20.9 Å². The fourth-order valence-electron chi connectivity index (χ4n) is 4.74. The fourth-order valence-corrected chi connectivity index (χ4v) is 4.74. The number of amides is 1. The molecule has 0 radical (unpaired) electrons. The maximum absolute atomic E-state index is 12.2. The second kappa shape index (κ2) is 16.4. The van der Waals surface area contributed by atoms with Crippen LogP contribution in [0.4, 0.5) is 4.79 Å². The molecule has 0 bridgehead atoms. The molecule has 2 fully saturated rings. The standard InChI is InChI=1S/C25H38N6O12/c1-13-10-31(24(37)28-22(13)36)18-9-15(29-30-26)17(42-18)12-41-25(38)40-8-6-4-3-5-7-39-23-19(27-14(2)33)21(35)20(34)16(11-32)43-23/h10,15-21,23,32,34-35H,3-9,11-12H2,1-2H3,(H,27,33)(H,28,36,37)/t15-,16+,17+,18+,19+,20+,21+,23+/m0/s1. The number of carbonyl (C=O) groups is 2. The summed E-state index contributed by atoms with van der Waals surface area (Å²) in [5.41, 5.74) is 7.97. The molecule has 43 heavy (non-hydrogen) atoms. The highest BCUT2D eigenvalue weighted by Crippen LogP contribution is 2.30. The Morgan fingerprint density at radius 1 is 1.14 bits per heavy atom. The molecule has 240 valence electrons. The fraction of sp³-hybridized carbons (Fsp3) is 0.760. The Morgan fingerprint density at radius 2 is 1.86 bits per heavy atom. The average Bonchev–Trinajstić information content (AvgIpc) is 3.36. The highest BCUT2D eigenvalue weighted by atomic mass is 16.7. The van der Waals surface area contributed by atoms with Crippen LogP contribution in [0.5, 0.6) is 0 Å². The molecule has 3 heterocycles. The Hall–Kier alpha value is -3.51. The largest absolute Gasteiger partial charge is 0.508 e. The van der Waals surface area contributed by atoms with E-state index >= 15 is 0 Å². The Bertz CT molecular complexity index is 1250. The lowest BCUT2D eigenvalue weighted by Crippen LogP contribution is -2.64. The highest BCUT2D eigenvalue weighted by molar-refractivity contribution is 5.73. The van der Waals surface area contributed by atoms with Gasteiger partial charge in [0, 0.05) is 36.6 Å². The van der Waals surface area contributed by atoms with Crippen molar-refractivity contribution in [3.05, 3.63) is 43.0 Å². The molecule has 0 aromatic carbocycles. The van der Waals surface area contributed by atoms with E-state index in [1.165, 1.54) is 24.6 Å². The normalized spacial score (nSPS) is 28.6. The number of azide groups is 1. The molecule has 2 aliphatic rings. The van der Waals surface area contributed by atoms with Gasteiger partial charge in [-0.05, 0) is 31.7 Å². The minimum atomic E-state index is -1.39. The molecule has 18 heteroatoms. The van der Waals surface area contributed by atoms with Crippen molar-refractivity contribution < 1.29 is 48.6 Å². The predicted molar refractivity (Wildman–Crippen MR) is 145 cm³/mol. The van der Waals surface area contributed by atoms with Crippen LogP contribution in [0.25, 0.3) is 10.4 Å². The predicted octanol–water partition coefficient (Wildman–Crippen LogP) is -0.515. The number of aliphatic hydroxyl groups excluding tert-OH is 3. The van der Waals surface area contributed by atoms with Crippen molar-refractivity contribution in [2.45, 2.75) is 95.0 Å². The van der Waals surface area contributed by atoms with Gasteiger partial charge in [-0.15, -0.1) is 0 Å². The van der Waals surface area contributed by atoms with Crippen LogP contribution in [-0.2, 0) is 28.5 Å². The van der Waals surface area contributed by atoms with Gasteiger partial charge in [0.1, 0.15) is 43.3 Å². The molecule has 1 amide bonds.